The first kappa shape index (κ1) is 11.0. The van der Waals surface area contributed by atoms with Crippen molar-refractivity contribution in [1.82, 2.24) is 10.6 Å². The molecule has 1 aromatic rings. The monoisotopic (exact) mass is 242 g/mol. The van der Waals surface area contributed by atoms with Crippen molar-refractivity contribution in [3.63, 3.8) is 0 Å². The van der Waals surface area contributed by atoms with Gasteiger partial charge in [-0.1, -0.05) is 24.3 Å². The van der Waals surface area contributed by atoms with Crippen LogP contribution in [0.15, 0.2) is 24.3 Å². The lowest BCUT2D eigenvalue weighted by Gasteiger charge is -2.25. The van der Waals surface area contributed by atoms with Gasteiger partial charge < -0.3 is 10.6 Å². The van der Waals surface area contributed by atoms with E-state index in [0.29, 0.717) is 5.41 Å². The summed E-state index contributed by atoms with van der Waals surface area (Å²) in [6.07, 6.45) is 6.63. The van der Waals surface area contributed by atoms with Crippen LogP contribution in [0.4, 0.5) is 0 Å². The first-order chi connectivity index (χ1) is 8.88. The number of hydrogen-bond acceptors (Lipinski definition) is 2. The molecule has 0 unspecified atom stereocenters. The highest BCUT2D eigenvalue weighted by Crippen LogP contribution is 2.56. The average molecular weight is 242 g/mol. The molecule has 0 aromatic heterocycles. The molecule has 0 amide bonds. The molecule has 1 aromatic carbocycles. The molecule has 96 valence electrons. The zero-order valence-electron chi connectivity index (χ0n) is 10.9. The maximum absolute atomic E-state index is 3.93. The van der Waals surface area contributed by atoms with Crippen molar-refractivity contribution >= 4 is 0 Å². The van der Waals surface area contributed by atoms with Gasteiger partial charge in [-0.3, -0.25) is 0 Å². The van der Waals surface area contributed by atoms with Crippen molar-refractivity contribution in [2.75, 3.05) is 13.1 Å². The topological polar surface area (TPSA) is 24.1 Å². The lowest BCUT2D eigenvalue weighted by atomic mass is 9.97. The fraction of sp³-hybridized carbons (Fsp3) is 0.625. The molecule has 2 N–H and O–H groups in total. The van der Waals surface area contributed by atoms with Gasteiger partial charge in [0.15, 0.2) is 0 Å². The van der Waals surface area contributed by atoms with Crippen LogP contribution in [-0.2, 0) is 11.8 Å². The molecule has 0 bridgehead atoms. The maximum atomic E-state index is 3.93. The van der Waals surface area contributed by atoms with Gasteiger partial charge in [0.1, 0.15) is 0 Å². The summed E-state index contributed by atoms with van der Waals surface area (Å²) < 4.78 is 0. The van der Waals surface area contributed by atoms with Crippen LogP contribution in [0.3, 0.4) is 0 Å². The Morgan fingerprint density at radius 2 is 2.00 bits per heavy atom. The number of piperidine rings is 1. The molecule has 0 radical (unpaired) electrons. The zero-order chi connectivity index (χ0) is 12.0. The molecule has 1 heterocycles. The lowest BCUT2D eigenvalue weighted by molar-refractivity contribution is 0.373. The molecular formula is C16H22N2. The van der Waals surface area contributed by atoms with Crippen LogP contribution in [0.25, 0.3) is 0 Å². The first-order valence-corrected chi connectivity index (χ1v) is 7.44. The number of hydrogen-bond donors (Lipinski definition) is 2. The van der Waals surface area contributed by atoms with Gasteiger partial charge in [0.25, 0.3) is 0 Å². The summed E-state index contributed by atoms with van der Waals surface area (Å²) in [6.45, 7) is 2.38. The summed E-state index contributed by atoms with van der Waals surface area (Å²) in [7, 11) is 0. The van der Waals surface area contributed by atoms with Crippen molar-refractivity contribution in [3.05, 3.63) is 35.4 Å². The Bertz CT molecular complexity index is 450. The molecule has 2 atom stereocenters. The second-order valence-corrected chi connectivity index (χ2v) is 6.26. The molecule has 2 fully saturated rings. The quantitative estimate of drug-likeness (QED) is 0.828. The standard InChI is InChI=1S/C16H22N2/c1-2-4-14-12(3-1)5-8-16(14)11-15(16)18-13-6-9-17-10-7-13/h1-4,13,15,17-18H,5-11H2/t15-,16+/m1/s1. The largest absolute Gasteiger partial charge is 0.317 e. The molecule has 3 aliphatic rings. The summed E-state index contributed by atoms with van der Waals surface area (Å²) in [5.74, 6) is 0. The van der Waals surface area contributed by atoms with E-state index >= 15 is 0 Å². The Morgan fingerprint density at radius 1 is 1.17 bits per heavy atom. The van der Waals surface area contributed by atoms with Crippen LogP contribution in [0, 0.1) is 0 Å². The van der Waals surface area contributed by atoms with Crippen molar-refractivity contribution < 1.29 is 0 Å². The van der Waals surface area contributed by atoms with E-state index in [2.05, 4.69) is 34.9 Å². The Labute approximate surface area is 109 Å². The van der Waals surface area contributed by atoms with Crippen LogP contribution in [-0.4, -0.2) is 25.2 Å². The van der Waals surface area contributed by atoms with Gasteiger partial charge in [0, 0.05) is 17.5 Å². The fourth-order valence-corrected chi connectivity index (χ4v) is 4.09. The predicted octanol–water partition coefficient (Wildman–Crippen LogP) is 1.98. The van der Waals surface area contributed by atoms with E-state index in [9.17, 15) is 0 Å². The van der Waals surface area contributed by atoms with E-state index in [4.69, 9.17) is 0 Å². The minimum Gasteiger partial charge on any atom is -0.317 e. The third-order valence-electron chi connectivity index (χ3n) is 5.25. The van der Waals surface area contributed by atoms with Gasteiger partial charge >= 0.3 is 0 Å². The van der Waals surface area contributed by atoms with E-state index in [1.807, 2.05) is 0 Å². The first-order valence-electron chi connectivity index (χ1n) is 7.44. The average Bonchev–Trinajstić information content (AvgIpc) is 2.98. The molecule has 2 aliphatic carbocycles. The Balaban J connectivity index is 1.49. The van der Waals surface area contributed by atoms with E-state index in [-0.39, 0.29) is 0 Å². The van der Waals surface area contributed by atoms with Gasteiger partial charge in [-0.05, 0) is 56.3 Å². The second kappa shape index (κ2) is 4.07. The van der Waals surface area contributed by atoms with Gasteiger partial charge in [0.2, 0.25) is 0 Å². The van der Waals surface area contributed by atoms with E-state index < -0.39 is 0 Å². The minimum absolute atomic E-state index is 0.515. The molecule has 1 saturated carbocycles. The highest BCUT2D eigenvalue weighted by Gasteiger charge is 2.58. The van der Waals surface area contributed by atoms with E-state index in [0.717, 1.165) is 12.1 Å². The smallest absolute Gasteiger partial charge is 0.0176 e. The Hall–Kier alpha value is -0.860. The van der Waals surface area contributed by atoms with Crippen molar-refractivity contribution in [2.45, 2.75) is 49.6 Å². The minimum atomic E-state index is 0.515. The highest BCUT2D eigenvalue weighted by molar-refractivity contribution is 5.46. The molecule has 1 saturated heterocycles. The van der Waals surface area contributed by atoms with Gasteiger partial charge in [-0.25, -0.2) is 0 Å². The summed E-state index contributed by atoms with van der Waals surface area (Å²) >= 11 is 0. The normalized spacial score (nSPS) is 34.8. The lowest BCUT2D eigenvalue weighted by Crippen LogP contribution is -2.42. The number of fused-ring (bicyclic) bond motifs is 2. The van der Waals surface area contributed by atoms with Gasteiger partial charge in [-0.2, -0.15) is 0 Å². The van der Waals surface area contributed by atoms with Crippen LogP contribution in [0.2, 0.25) is 0 Å². The van der Waals surface area contributed by atoms with Crippen LogP contribution < -0.4 is 10.6 Å². The van der Waals surface area contributed by atoms with Crippen LogP contribution >= 0.6 is 0 Å². The molecule has 1 aliphatic heterocycles. The summed E-state index contributed by atoms with van der Waals surface area (Å²) in [6, 6.07) is 10.6. The maximum Gasteiger partial charge on any atom is 0.0176 e. The Kier molecular flexibility index (Phi) is 2.49. The number of rotatable bonds is 2. The molecule has 18 heavy (non-hydrogen) atoms. The molecule has 1 spiro atoms. The summed E-state index contributed by atoms with van der Waals surface area (Å²) in [5, 5.41) is 7.37. The number of benzene rings is 1. The third-order valence-corrected chi connectivity index (χ3v) is 5.25. The third kappa shape index (κ3) is 1.63. The number of aryl methyl sites for hydroxylation is 1. The van der Waals surface area contributed by atoms with Crippen molar-refractivity contribution in [1.29, 1.82) is 0 Å². The van der Waals surface area contributed by atoms with E-state index in [1.165, 1.54) is 45.2 Å². The van der Waals surface area contributed by atoms with Gasteiger partial charge in [-0.15, -0.1) is 0 Å². The fourth-order valence-electron chi connectivity index (χ4n) is 4.09. The predicted molar refractivity (Wildman–Crippen MR) is 73.9 cm³/mol. The molecular weight excluding hydrogens is 220 g/mol. The van der Waals surface area contributed by atoms with Crippen molar-refractivity contribution in [3.8, 4) is 0 Å². The SMILES string of the molecule is c1ccc2c(c1)CC[C@]21C[C@H]1NC1CCNCC1. The summed E-state index contributed by atoms with van der Waals surface area (Å²) in [5.41, 5.74) is 3.77. The van der Waals surface area contributed by atoms with Crippen LogP contribution in [0.5, 0.6) is 0 Å². The van der Waals surface area contributed by atoms with Crippen LogP contribution in [0.1, 0.15) is 36.8 Å². The van der Waals surface area contributed by atoms with Crippen molar-refractivity contribution in [2.24, 2.45) is 0 Å². The van der Waals surface area contributed by atoms with E-state index in [1.54, 1.807) is 11.1 Å². The number of nitrogens with one attached hydrogen (secondary N) is 2. The van der Waals surface area contributed by atoms with Gasteiger partial charge in [0.05, 0.1) is 0 Å². The zero-order valence-corrected chi connectivity index (χ0v) is 10.9. The molecule has 2 heteroatoms. The summed E-state index contributed by atoms with van der Waals surface area (Å²) in [4.78, 5) is 0. The molecule has 4 rings (SSSR count). The highest BCUT2D eigenvalue weighted by atomic mass is 15.1. The Morgan fingerprint density at radius 3 is 2.89 bits per heavy atom. The molecule has 2 nitrogen and oxygen atoms in total. The second-order valence-electron chi connectivity index (χ2n) is 6.26.